The number of rotatable bonds is 2. The molecule has 1 aliphatic heterocycles. The van der Waals surface area contributed by atoms with E-state index < -0.39 is 13.7 Å². The van der Waals surface area contributed by atoms with Crippen molar-refractivity contribution >= 4 is 30.5 Å². The molecule has 0 aromatic carbocycles. The molecule has 158 valence electrons. The molecule has 30 heavy (non-hydrogen) atoms. The average molecular weight is 423 g/mol. The largest absolute Gasteiger partial charge is 0.444 e. The van der Waals surface area contributed by atoms with E-state index in [9.17, 15) is 4.79 Å². The number of pyridine rings is 2. The molecule has 3 aromatic rings. The van der Waals surface area contributed by atoms with Crippen LogP contribution in [0.15, 0.2) is 30.7 Å². The smallest absolute Gasteiger partial charge is 0.410 e. The maximum atomic E-state index is 12.8. The topological polar surface area (TPSA) is 71.1 Å². The summed E-state index contributed by atoms with van der Waals surface area (Å²) < 4.78 is 5.64. The summed E-state index contributed by atoms with van der Waals surface area (Å²) in [6.07, 6.45) is 6.14. The molecule has 0 saturated heterocycles. The van der Waals surface area contributed by atoms with Gasteiger partial charge in [-0.15, -0.1) is 0 Å². The molecule has 1 amide bonds. The molecule has 3 aromatic heterocycles. The lowest BCUT2D eigenvalue weighted by Gasteiger charge is -2.31. The zero-order chi connectivity index (χ0) is 21.7. The first-order valence-corrected chi connectivity index (χ1v) is 14.0. The van der Waals surface area contributed by atoms with Gasteiger partial charge in [-0.2, -0.15) is 0 Å². The Morgan fingerprint density at radius 2 is 1.90 bits per heavy atom. The van der Waals surface area contributed by atoms with E-state index in [1.807, 2.05) is 44.3 Å². The van der Waals surface area contributed by atoms with Crippen LogP contribution in [0.1, 0.15) is 31.9 Å². The second-order valence-electron chi connectivity index (χ2n) is 10.00. The number of hydrogen-bond acceptors (Lipinski definition) is 4. The fourth-order valence-electron chi connectivity index (χ4n) is 4.03. The van der Waals surface area contributed by atoms with Crippen LogP contribution < -0.4 is 5.32 Å². The number of amides is 1. The Labute approximate surface area is 178 Å². The third-order valence-corrected chi connectivity index (χ3v) is 7.26. The number of aromatic amines is 1. The number of hydrogen-bond donors (Lipinski definition) is 1. The molecular weight excluding hydrogens is 392 g/mol. The van der Waals surface area contributed by atoms with Gasteiger partial charge in [0, 0.05) is 41.4 Å². The second kappa shape index (κ2) is 7.23. The minimum atomic E-state index is -1.68. The van der Waals surface area contributed by atoms with Gasteiger partial charge in [0.05, 0.1) is 14.6 Å². The van der Waals surface area contributed by atoms with E-state index in [0.29, 0.717) is 13.1 Å². The van der Waals surface area contributed by atoms with Gasteiger partial charge in [-0.3, -0.25) is 4.98 Å². The lowest BCUT2D eigenvalue weighted by molar-refractivity contribution is 0.0225. The van der Waals surface area contributed by atoms with Gasteiger partial charge in [-0.05, 0) is 56.0 Å². The molecular formula is C23H30N4O2Si. The van der Waals surface area contributed by atoms with Gasteiger partial charge in [-0.25, -0.2) is 9.78 Å². The Morgan fingerprint density at radius 3 is 2.53 bits per heavy atom. The summed E-state index contributed by atoms with van der Waals surface area (Å²) >= 11 is 0. The van der Waals surface area contributed by atoms with Crippen molar-refractivity contribution < 1.29 is 9.53 Å². The number of H-pyrrole nitrogens is 1. The maximum absolute atomic E-state index is 12.8. The molecule has 0 spiro atoms. The van der Waals surface area contributed by atoms with Gasteiger partial charge in [0.2, 0.25) is 0 Å². The first-order chi connectivity index (χ1) is 14.0. The van der Waals surface area contributed by atoms with Crippen LogP contribution in [0.4, 0.5) is 4.79 Å². The monoisotopic (exact) mass is 422 g/mol. The van der Waals surface area contributed by atoms with Crippen LogP contribution in [0.25, 0.3) is 22.2 Å². The summed E-state index contributed by atoms with van der Waals surface area (Å²) in [5.41, 5.74) is 5.11. The van der Waals surface area contributed by atoms with Crippen molar-refractivity contribution in [1.29, 1.82) is 0 Å². The third kappa shape index (κ3) is 3.86. The zero-order valence-corrected chi connectivity index (χ0v) is 19.7. The van der Waals surface area contributed by atoms with Gasteiger partial charge in [0.25, 0.3) is 0 Å². The highest BCUT2D eigenvalue weighted by Gasteiger charge is 2.31. The molecule has 0 bridgehead atoms. The Kier molecular flexibility index (Phi) is 4.96. The molecule has 0 saturated carbocycles. The fraction of sp³-hybridized carbons (Fsp3) is 0.435. The van der Waals surface area contributed by atoms with Crippen molar-refractivity contribution in [2.24, 2.45) is 0 Å². The van der Waals surface area contributed by atoms with Gasteiger partial charge < -0.3 is 14.6 Å². The third-order valence-electron chi connectivity index (χ3n) is 5.39. The van der Waals surface area contributed by atoms with Crippen molar-refractivity contribution in [2.45, 2.75) is 59.0 Å². The Bertz CT molecular complexity index is 1090. The fourth-order valence-corrected chi connectivity index (χ4v) is 5.54. The van der Waals surface area contributed by atoms with Gasteiger partial charge in [0.1, 0.15) is 11.2 Å². The predicted molar refractivity (Wildman–Crippen MR) is 123 cm³/mol. The maximum Gasteiger partial charge on any atom is 0.410 e. The van der Waals surface area contributed by atoms with Gasteiger partial charge in [0.15, 0.2) is 0 Å². The molecule has 4 heterocycles. The van der Waals surface area contributed by atoms with E-state index >= 15 is 0 Å². The average Bonchev–Trinajstić information content (AvgIpc) is 3.07. The summed E-state index contributed by atoms with van der Waals surface area (Å²) in [6.45, 7) is 13.9. The van der Waals surface area contributed by atoms with E-state index in [1.165, 1.54) is 22.0 Å². The summed E-state index contributed by atoms with van der Waals surface area (Å²) in [5, 5.41) is 2.41. The normalized spacial score (nSPS) is 14.7. The molecule has 0 fully saturated rings. The van der Waals surface area contributed by atoms with Crippen LogP contribution in [0.5, 0.6) is 0 Å². The second-order valence-corrected chi connectivity index (χ2v) is 15.0. The van der Waals surface area contributed by atoms with Crippen LogP contribution in [0, 0.1) is 0 Å². The highest BCUT2D eigenvalue weighted by molar-refractivity contribution is 6.89. The summed E-state index contributed by atoms with van der Waals surface area (Å²) in [4.78, 5) is 27.2. The van der Waals surface area contributed by atoms with E-state index in [-0.39, 0.29) is 6.09 Å². The van der Waals surface area contributed by atoms with Crippen molar-refractivity contribution in [3.05, 3.63) is 41.9 Å². The van der Waals surface area contributed by atoms with Crippen LogP contribution in [-0.2, 0) is 17.7 Å². The van der Waals surface area contributed by atoms with Crippen molar-refractivity contribution in [2.75, 3.05) is 6.54 Å². The quantitative estimate of drug-likeness (QED) is 0.619. The van der Waals surface area contributed by atoms with E-state index in [2.05, 4.69) is 41.7 Å². The minimum Gasteiger partial charge on any atom is -0.444 e. The van der Waals surface area contributed by atoms with Crippen molar-refractivity contribution in [3.8, 4) is 11.1 Å². The summed E-state index contributed by atoms with van der Waals surface area (Å²) in [5.74, 6) is 0. The molecule has 7 heteroatoms. The Balaban J connectivity index is 1.88. The number of nitrogens with one attached hydrogen (secondary N) is 1. The first kappa shape index (κ1) is 20.6. The van der Waals surface area contributed by atoms with Crippen LogP contribution >= 0.6 is 0 Å². The molecule has 6 nitrogen and oxygen atoms in total. The molecule has 1 aliphatic rings. The van der Waals surface area contributed by atoms with E-state index in [1.54, 1.807) is 0 Å². The number of ether oxygens (including phenoxy) is 1. The number of carbonyl (C=O) groups is 1. The molecule has 0 aliphatic carbocycles. The Hall–Kier alpha value is -2.67. The molecule has 0 radical (unpaired) electrons. The highest BCUT2D eigenvalue weighted by Crippen LogP contribution is 2.35. The van der Waals surface area contributed by atoms with Gasteiger partial charge in [-0.1, -0.05) is 19.6 Å². The van der Waals surface area contributed by atoms with Crippen molar-refractivity contribution in [3.63, 3.8) is 0 Å². The molecule has 1 N–H and O–H groups in total. The minimum absolute atomic E-state index is 0.260. The molecule has 0 unspecified atom stereocenters. The SMILES string of the molecule is CC(C)(C)OC(=O)N1CCc2cnc3[nH]c([Si](C)(C)C)c(-c4ccncc4)c3c2C1. The van der Waals surface area contributed by atoms with Crippen LogP contribution in [0.3, 0.4) is 0 Å². The lowest BCUT2D eigenvalue weighted by Crippen LogP contribution is -2.40. The highest BCUT2D eigenvalue weighted by atomic mass is 28.3. The zero-order valence-electron chi connectivity index (χ0n) is 18.7. The standard InChI is InChI=1S/C23H30N4O2Si/c1-23(2,3)29-22(28)27-12-9-16-13-25-20-19(17(16)14-27)18(15-7-10-24-11-8-15)21(26-20)30(4,5)6/h7-8,10-11,13H,9,12,14H2,1-6H3,(H,25,26). The molecule has 0 atom stereocenters. The van der Waals surface area contributed by atoms with Crippen molar-refractivity contribution in [1.82, 2.24) is 19.9 Å². The van der Waals surface area contributed by atoms with E-state index in [4.69, 9.17) is 9.72 Å². The first-order valence-electron chi connectivity index (χ1n) is 10.5. The summed E-state index contributed by atoms with van der Waals surface area (Å²) in [7, 11) is -1.68. The Morgan fingerprint density at radius 1 is 1.20 bits per heavy atom. The number of aromatic nitrogens is 3. The number of carbonyl (C=O) groups excluding carboxylic acids is 1. The van der Waals surface area contributed by atoms with Crippen LogP contribution in [0.2, 0.25) is 19.6 Å². The lowest BCUT2D eigenvalue weighted by atomic mass is 9.95. The predicted octanol–water partition coefficient (Wildman–Crippen LogP) is 4.46. The van der Waals surface area contributed by atoms with E-state index in [0.717, 1.165) is 23.0 Å². The van der Waals surface area contributed by atoms with Crippen LogP contribution in [-0.4, -0.2) is 46.2 Å². The van der Waals surface area contributed by atoms with Gasteiger partial charge >= 0.3 is 6.09 Å². The summed E-state index contributed by atoms with van der Waals surface area (Å²) in [6, 6.07) is 4.11. The molecule has 4 rings (SSSR count). The number of nitrogens with zero attached hydrogens (tertiary/aromatic N) is 3. The number of fused-ring (bicyclic) bond motifs is 3.